The minimum absolute atomic E-state index is 0. The smallest absolute Gasteiger partial charge is 0.554 e. The van der Waals surface area contributed by atoms with Gasteiger partial charge in [-0.05, 0) is 38.1 Å². The molecule has 0 aliphatic rings. The van der Waals surface area contributed by atoms with Gasteiger partial charge in [-0.25, -0.2) is 0 Å². The molecule has 0 aromatic carbocycles. The molecule has 0 N–H and O–H groups in total. The number of carbonyl (C=O) groups is 2. The summed E-state index contributed by atoms with van der Waals surface area (Å²) >= 11 is 0. The number of aromatic nitrogens is 2. The van der Waals surface area contributed by atoms with Crippen LogP contribution in [-0.2, 0) is 30.7 Å². The first-order chi connectivity index (χ1) is 9.62. The van der Waals surface area contributed by atoms with Gasteiger partial charge >= 0.3 is 21.1 Å². The molecule has 7 heteroatoms. The van der Waals surface area contributed by atoms with E-state index in [0.717, 1.165) is 11.4 Å². The van der Waals surface area contributed by atoms with E-state index < -0.39 is 12.9 Å². The van der Waals surface area contributed by atoms with E-state index in [1.165, 1.54) is 0 Å². The number of carboxylic acid groups (broad SMARTS) is 2. The maximum atomic E-state index is 8.25. The molecule has 2 aromatic rings. The first-order valence-corrected chi connectivity index (χ1v) is 5.48. The molecule has 0 radical (unpaired) electrons. The van der Waals surface area contributed by atoms with E-state index in [1.54, 1.807) is 12.4 Å². The van der Waals surface area contributed by atoms with Crippen LogP contribution in [0.5, 0.6) is 0 Å². The summed E-state index contributed by atoms with van der Waals surface area (Å²) < 4.78 is 0. The Morgan fingerprint density at radius 2 is 1.10 bits per heavy atom. The fourth-order valence-corrected chi connectivity index (χ4v) is 0.896. The predicted octanol–water partition coefficient (Wildman–Crippen LogP) is -0.490. The van der Waals surface area contributed by atoms with Crippen LogP contribution in [0.15, 0.2) is 48.8 Å². The number of rotatable bonds is 0. The summed E-state index contributed by atoms with van der Waals surface area (Å²) in [6.07, 6.45) is 3.57. The van der Waals surface area contributed by atoms with Gasteiger partial charge in [-0.3, -0.25) is 9.97 Å². The van der Waals surface area contributed by atoms with Crippen molar-refractivity contribution in [3.8, 4) is 0 Å². The van der Waals surface area contributed by atoms with E-state index in [4.69, 9.17) is 19.8 Å². The largest absolute Gasteiger partial charge is 2.00 e. The van der Waals surface area contributed by atoms with Crippen LogP contribution in [0.1, 0.15) is 11.4 Å². The Balaban J connectivity index is -0.000000220. The van der Waals surface area contributed by atoms with Crippen molar-refractivity contribution in [2.24, 2.45) is 0 Å². The van der Waals surface area contributed by atoms with Crippen LogP contribution in [0.25, 0.3) is 0 Å². The molecule has 2 aromatic heterocycles. The van der Waals surface area contributed by atoms with Gasteiger partial charge in [0, 0.05) is 36.7 Å². The van der Waals surface area contributed by atoms with Crippen LogP contribution in [0.2, 0.25) is 0 Å². The summed E-state index contributed by atoms with van der Waals surface area (Å²) in [6, 6.07) is 11.7. The standard InChI is InChI=1S/2C6H7N.2CH2O2.Pt/c2*1-6-4-2-3-5-7-6;2*2-1-3;/h2*2-5H,1H3;2*1H,(H,2,3);/q;;;;+2/p-2. The Bertz CT molecular complexity index is 398. The normalized spacial score (nSPS) is 6.95. The van der Waals surface area contributed by atoms with Gasteiger partial charge in [-0.15, -0.1) is 0 Å². The molecule has 0 spiro atoms. The van der Waals surface area contributed by atoms with Crippen LogP contribution >= 0.6 is 0 Å². The minimum atomic E-state index is -0.500. The van der Waals surface area contributed by atoms with Crippen molar-refractivity contribution in [3.05, 3.63) is 60.2 Å². The second-order valence-corrected chi connectivity index (χ2v) is 3.13. The zero-order valence-corrected chi connectivity index (χ0v) is 13.9. The second kappa shape index (κ2) is 20.3. The van der Waals surface area contributed by atoms with Gasteiger partial charge in [0.15, 0.2) is 0 Å². The number of hydrogen-bond donors (Lipinski definition) is 0. The summed E-state index contributed by atoms with van der Waals surface area (Å²) in [5.74, 6) is 0. The molecule has 0 atom stereocenters. The Kier molecular flexibility index (Phi) is 23.1. The molecular weight excluding hydrogens is 455 g/mol. The molecule has 2 rings (SSSR count). The number of carbonyl (C=O) groups excluding carboxylic acids is 2. The molecule has 0 aliphatic heterocycles. The van der Waals surface area contributed by atoms with E-state index in [-0.39, 0.29) is 21.1 Å². The Morgan fingerprint density at radius 1 is 0.810 bits per heavy atom. The summed E-state index contributed by atoms with van der Waals surface area (Å²) in [5.41, 5.74) is 2.14. The molecule has 6 nitrogen and oxygen atoms in total. The summed E-state index contributed by atoms with van der Waals surface area (Å²) in [7, 11) is 0. The van der Waals surface area contributed by atoms with Gasteiger partial charge in [-0.2, -0.15) is 0 Å². The quantitative estimate of drug-likeness (QED) is 0.481. The van der Waals surface area contributed by atoms with Gasteiger partial charge in [0.25, 0.3) is 0 Å². The van der Waals surface area contributed by atoms with Crippen molar-refractivity contribution in [2.75, 3.05) is 0 Å². The average Bonchev–Trinajstić information content (AvgIpc) is 2.43. The fraction of sp³-hybridized carbons (Fsp3) is 0.143. The van der Waals surface area contributed by atoms with Gasteiger partial charge in [0.05, 0.1) is 0 Å². The van der Waals surface area contributed by atoms with Crippen molar-refractivity contribution in [1.82, 2.24) is 9.97 Å². The molecule has 21 heavy (non-hydrogen) atoms. The monoisotopic (exact) mass is 471 g/mol. The number of aryl methyl sites for hydroxylation is 2. The SMILES string of the molecule is Cc1ccccn1.Cc1ccccn1.O=C[O-].O=C[O-].[Pt+2]. The average molecular weight is 471 g/mol. The van der Waals surface area contributed by atoms with Crippen molar-refractivity contribution < 1.29 is 40.9 Å². The third kappa shape index (κ3) is 23.4. The minimum Gasteiger partial charge on any atom is -0.554 e. The van der Waals surface area contributed by atoms with E-state index in [2.05, 4.69) is 9.97 Å². The number of hydrogen-bond acceptors (Lipinski definition) is 6. The first-order valence-electron chi connectivity index (χ1n) is 5.48. The van der Waals surface area contributed by atoms with Gasteiger partial charge in [-0.1, -0.05) is 12.1 Å². The zero-order valence-electron chi connectivity index (χ0n) is 11.6. The second-order valence-electron chi connectivity index (χ2n) is 3.13. The van der Waals surface area contributed by atoms with E-state index >= 15 is 0 Å². The maximum Gasteiger partial charge on any atom is 2.00 e. The molecule has 0 saturated heterocycles. The van der Waals surface area contributed by atoms with Crippen LogP contribution in [-0.4, -0.2) is 22.9 Å². The molecule has 0 unspecified atom stereocenters. The topological polar surface area (TPSA) is 106 Å². The molecule has 0 amide bonds. The van der Waals surface area contributed by atoms with Crippen LogP contribution in [0.4, 0.5) is 0 Å². The molecule has 0 fully saturated rings. The van der Waals surface area contributed by atoms with Crippen molar-refractivity contribution >= 4 is 12.9 Å². The van der Waals surface area contributed by atoms with E-state index in [0.29, 0.717) is 0 Å². The van der Waals surface area contributed by atoms with Crippen molar-refractivity contribution in [3.63, 3.8) is 0 Å². The van der Waals surface area contributed by atoms with Gasteiger partial charge in [0.2, 0.25) is 0 Å². The zero-order chi connectivity index (χ0) is 15.6. The van der Waals surface area contributed by atoms with Crippen molar-refractivity contribution in [2.45, 2.75) is 13.8 Å². The van der Waals surface area contributed by atoms with Crippen molar-refractivity contribution in [1.29, 1.82) is 0 Å². The number of nitrogens with zero attached hydrogens (tertiary/aromatic N) is 2. The Hall–Kier alpha value is -2.07. The Labute approximate surface area is 138 Å². The van der Waals surface area contributed by atoms with E-state index in [1.807, 2.05) is 50.2 Å². The van der Waals surface area contributed by atoms with Gasteiger partial charge in [0.1, 0.15) is 0 Å². The Morgan fingerprint density at radius 3 is 1.19 bits per heavy atom. The van der Waals surface area contributed by atoms with Crippen LogP contribution in [0, 0.1) is 13.8 Å². The van der Waals surface area contributed by atoms with Crippen LogP contribution in [0.3, 0.4) is 0 Å². The summed E-state index contributed by atoms with van der Waals surface area (Å²) in [5, 5.41) is 16.5. The summed E-state index contributed by atoms with van der Waals surface area (Å²) in [6.45, 7) is 2.94. The number of pyridine rings is 2. The van der Waals surface area contributed by atoms with Gasteiger partial charge < -0.3 is 19.8 Å². The molecule has 116 valence electrons. The molecule has 0 saturated carbocycles. The van der Waals surface area contributed by atoms with Crippen LogP contribution < -0.4 is 10.2 Å². The molecular formula is C14H16N2O4Pt. The molecule has 0 aliphatic carbocycles. The first kappa shape index (κ1) is 24.0. The molecule has 2 heterocycles. The third-order valence-electron chi connectivity index (χ3n) is 1.63. The molecule has 0 bridgehead atoms. The third-order valence-corrected chi connectivity index (χ3v) is 1.63. The summed E-state index contributed by atoms with van der Waals surface area (Å²) in [4.78, 5) is 24.5. The van der Waals surface area contributed by atoms with E-state index in [9.17, 15) is 0 Å². The maximum absolute atomic E-state index is 8.25. The predicted molar refractivity (Wildman–Crippen MR) is 70.1 cm³/mol. The fourth-order valence-electron chi connectivity index (χ4n) is 0.896.